The third-order valence-corrected chi connectivity index (χ3v) is 5.17. The third kappa shape index (κ3) is 5.04. The van der Waals surface area contributed by atoms with Crippen LogP contribution in [0.25, 0.3) is 0 Å². The maximum atomic E-state index is 12.8. The summed E-state index contributed by atoms with van der Waals surface area (Å²) in [5.41, 5.74) is 12.5. The number of nitrogens with zero attached hydrogens (tertiary/aromatic N) is 1. The minimum atomic E-state index is -0.436. The Labute approximate surface area is 173 Å². The molecule has 29 heavy (non-hydrogen) atoms. The van der Waals surface area contributed by atoms with E-state index in [9.17, 15) is 4.79 Å². The summed E-state index contributed by atoms with van der Waals surface area (Å²) >= 11 is 1.20. The van der Waals surface area contributed by atoms with Gasteiger partial charge in [-0.05, 0) is 50.2 Å². The molecule has 0 aliphatic carbocycles. The molecule has 1 aromatic heterocycles. The fraction of sp³-hybridized carbons (Fsp3) is 0.238. The van der Waals surface area contributed by atoms with Gasteiger partial charge in [-0.1, -0.05) is 23.5 Å². The molecule has 0 saturated carbocycles. The summed E-state index contributed by atoms with van der Waals surface area (Å²) in [6.07, 6.45) is 0. The summed E-state index contributed by atoms with van der Waals surface area (Å²) in [6, 6.07) is 14.4. The van der Waals surface area contributed by atoms with Gasteiger partial charge in [0.2, 0.25) is 5.78 Å². The Morgan fingerprint density at radius 3 is 2.55 bits per heavy atom. The van der Waals surface area contributed by atoms with Crippen LogP contribution in [0, 0.1) is 0 Å². The number of methoxy groups -OCH3 is 1. The fourth-order valence-electron chi connectivity index (χ4n) is 2.53. The van der Waals surface area contributed by atoms with Crippen molar-refractivity contribution in [2.75, 3.05) is 24.7 Å². The molecule has 0 aliphatic rings. The second kappa shape index (κ2) is 8.50. The van der Waals surface area contributed by atoms with Gasteiger partial charge in [-0.2, -0.15) is 0 Å². The van der Waals surface area contributed by atoms with E-state index >= 15 is 0 Å². The van der Waals surface area contributed by atoms with Crippen molar-refractivity contribution in [1.82, 2.24) is 4.98 Å². The van der Waals surface area contributed by atoms with Crippen LogP contribution in [0.4, 0.5) is 16.6 Å². The van der Waals surface area contributed by atoms with Gasteiger partial charge in [0, 0.05) is 17.8 Å². The van der Waals surface area contributed by atoms with Crippen LogP contribution >= 0.6 is 11.3 Å². The predicted molar refractivity (Wildman–Crippen MR) is 116 cm³/mol. The molecule has 0 spiro atoms. The van der Waals surface area contributed by atoms with Crippen LogP contribution < -0.4 is 26.3 Å². The van der Waals surface area contributed by atoms with Gasteiger partial charge in [-0.15, -0.1) is 0 Å². The van der Waals surface area contributed by atoms with Crippen LogP contribution in [0.1, 0.15) is 29.1 Å². The van der Waals surface area contributed by atoms with Crippen molar-refractivity contribution in [2.45, 2.75) is 19.4 Å². The highest BCUT2D eigenvalue weighted by Gasteiger charge is 2.19. The largest absolute Gasteiger partial charge is 0.497 e. The lowest BCUT2D eigenvalue weighted by Crippen LogP contribution is -2.37. The number of nitrogens with one attached hydrogen (secondary N) is 1. The van der Waals surface area contributed by atoms with Gasteiger partial charge in [0.05, 0.1) is 7.11 Å². The minimum absolute atomic E-state index is 0.190. The van der Waals surface area contributed by atoms with E-state index in [0.717, 1.165) is 11.4 Å². The normalized spacial score (nSPS) is 11.2. The van der Waals surface area contributed by atoms with Gasteiger partial charge < -0.3 is 26.3 Å². The van der Waals surface area contributed by atoms with Gasteiger partial charge in [0.15, 0.2) is 5.13 Å². The van der Waals surface area contributed by atoms with Gasteiger partial charge >= 0.3 is 0 Å². The predicted octanol–water partition coefficient (Wildman–Crippen LogP) is 3.82. The molecule has 2 aromatic carbocycles. The maximum absolute atomic E-state index is 12.8. The van der Waals surface area contributed by atoms with E-state index in [1.165, 1.54) is 11.3 Å². The quantitative estimate of drug-likeness (QED) is 0.482. The number of ether oxygens (including phenoxy) is 2. The highest BCUT2D eigenvalue weighted by atomic mass is 32.1. The van der Waals surface area contributed by atoms with E-state index < -0.39 is 5.60 Å². The van der Waals surface area contributed by atoms with Crippen LogP contribution in [0.5, 0.6) is 11.5 Å². The van der Waals surface area contributed by atoms with E-state index in [2.05, 4.69) is 10.3 Å². The molecule has 0 saturated heterocycles. The summed E-state index contributed by atoms with van der Waals surface area (Å²) in [7, 11) is 1.56. The Bertz CT molecular complexity index is 999. The van der Waals surface area contributed by atoms with E-state index in [1.807, 2.05) is 38.1 Å². The number of anilines is 3. The lowest BCUT2D eigenvalue weighted by Gasteiger charge is -2.24. The number of nitrogens with two attached hydrogens (primary N) is 2. The highest BCUT2D eigenvalue weighted by molar-refractivity contribution is 7.18. The van der Waals surface area contributed by atoms with Gasteiger partial charge in [0.1, 0.15) is 27.8 Å². The average molecular weight is 413 g/mol. The standard InChI is InChI=1S/C21H24N4O3S/c1-21(2,12-22)28-15-9-7-14(8-10-15)24-20-25-19(23)18(29-20)17(26)13-5-4-6-16(11-13)27-3/h4-11H,12,22-23H2,1-3H3,(H,24,25). The molecule has 3 aromatic rings. The molecular weight excluding hydrogens is 388 g/mol. The Morgan fingerprint density at radius 2 is 1.90 bits per heavy atom. The minimum Gasteiger partial charge on any atom is -0.497 e. The van der Waals surface area contributed by atoms with Crippen molar-refractivity contribution < 1.29 is 14.3 Å². The fourth-order valence-corrected chi connectivity index (χ4v) is 3.40. The third-order valence-electron chi connectivity index (χ3n) is 4.18. The molecule has 8 heteroatoms. The first-order chi connectivity index (χ1) is 13.8. The summed E-state index contributed by atoms with van der Waals surface area (Å²) in [6.45, 7) is 4.27. The van der Waals surface area contributed by atoms with Gasteiger partial charge in [-0.3, -0.25) is 4.79 Å². The molecule has 3 rings (SSSR count). The zero-order valence-electron chi connectivity index (χ0n) is 16.6. The second-order valence-corrected chi connectivity index (χ2v) is 8.01. The molecular formula is C21H24N4O3S. The van der Waals surface area contributed by atoms with Crippen LogP contribution in [0.2, 0.25) is 0 Å². The number of carbonyl (C=O) groups excluding carboxylic acids is 1. The first kappa shape index (κ1) is 20.6. The highest BCUT2D eigenvalue weighted by Crippen LogP contribution is 2.31. The molecule has 0 atom stereocenters. The van der Waals surface area contributed by atoms with Crippen molar-refractivity contribution >= 4 is 33.8 Å². The van der Waals surface area contributed by atoms with Crippen molar-refractivity contribution in [3.05, 3.63) is 59.0 Å². The molecule has 0 aliphatic heterocycles. The van der Waals surface area contributed by atoms with Crippen molar-refractivity contribution in [2.24, 2.45) is 5.73 Å². The smallest absolute Gasteiger partial charge is 0.206 e. The summed E-state index contributed by atoms with van der Waals surface area (Å²) < 4.78 is 11.0. The van der Waals surface area contributed by atoms with Crippen molar-refractivity contribution in [3.63, 3.8) is 0 Å². The van der Waals surface area contributed by atoms with E-state index in [1.54, 1.807) is 31.4 Å². The Balaban J connectivity index is 1.74. The average Bonchev–Trinajstić information content (AvgIpc) is 3.08. The zero-order valence-corrected chi connectivity index (χ0v) is 17.4. The summed E-state index contributed by atoms with van der Waals surface area (Å²) in [4.78, 5) is 17.4. The Kier molecular flexibility index (Phi) is 6.05. The number of ketones is 1. The molecule has 0 bridgehead atoms. The molecule has 0 amide bonds. The first-order valence-electron chi connectivity index (χ1n) is 9.02. The van der Waals surface area contributed by atoms with Crippen LogP contribution in [-0.2, 0) is 0 Å². The van der Waals surface area contributed by atoms with Crippen LogP contribution in [0.15, 0.2) is 48.5 Å². The summed E-state index contributed by atoms with van der Waals surface area (Å²) in [5.74, 6) is 1.32. The number of hydrogen-bond acceptors (Lipinski definition) is 8. The van der Waals surface area contributed by atoms with Crippen LogP contribution in [0.3, 0.4) is 0 Å². The Hall–Kier alpha value is -3.10. The molecule has 1 heterocycles. The SMILES string of the molecule is COc1cccc(C(=O)c2sc(Nc3ccc(OC(C)(C)CN)cc3)nc2N)c1. The molecule has 0 radical (unpaired) electrons. The number of rotatable bonds is 8. The summed E-state index contributed by atoms with van der Waals surface area (Å²) in [5, 5.41) is 3.70. The molecule has 5 N–H and O–H groups in total. The van der Waals surface area contributed by atoms with E-state index in [4.69, 9.17) is 20.9 Å². The number of carbonyl (C=O) groups is 1. The number of aromatic nitrogens is 1. The number of benzene rings is 2. The molecule has 0 fully saturated rings. The lowest BCUT2D eigenvalue weighted by molar-refractivity contribution is 0.104. The van der Waals surface area contributed by atoms with Gasteiger partial charge in [0.25, 0.3) is 0 Å². The first-order valence-corrected chi connectivity index (χ1v) is 9.84. The number of nitrogen functional groups attached to an aromatic ring is 1. The topological polar surface area (TPSA) is 112 Å². The molecule has 7 nitrogen and oxygen atoms in total. The number of hydrogen-bond donors (Lipinski definition) is 3. The zero-order chi connectivity index (χ0) is 21.0. The maximum Gasteiger partial charge on any atom is 0.206 e. The van der Waals surface area contributed by atoms with Crippen molar-refractivity contribution in [1.29, 1.82) is 0 Å². The van der Waals surface area contributed by atoms with Gasteiger partial charge in [-0.25, -0.2) is 4.98 Å². The Morgan fingerprint density at radius 1 is 1.17 bits per heavy atom. The van der Waals surface area contributed by atoms with Crippen molar-refractivity contribution in [3.8, 4) is 11.5 Å². The lowest BCUT2D eigenvalue weighted by atomic mass is 10.1. The molecule has 0 unspecified atom stereocenters. The number of thiazole rings is 1. The van der Waals surface area contributed by atoms with E-state index in [0.29, 0.717) is 27.9 Å². The monoisotopic (exact) mass is 412 g/mol. The second-order valence-electron chi connectivity index (χ2n) is 7.01. The van der Waals surface area contributed by atoms with Crippen LogP contribution in [-0.4, -0.2) is 30.0 Å². The van der Waals surface area contributed by atoms with E-state index in [-0.39, 0.29) is 11.6 Å². The molecule has 152 valence electrons.